The summed E-state index contributed by atoms with van der Waals surface area (Å²) in [6, 6.07) is 55.7. The summed E-state index contributed by atoms with van der Waals surface area (Å²) in [7, 11) is 0. The summed E-state index contributed by atoms with van der Waals surface area (Å²) in [5.41, 5.74) is 12.3. The first-order valence-electron chi connectivity index (χ1n) is 15.9. The molecule has 0 saturated carbocycles. The zero-order chi connectivity index (χ0) is 31.0. The Labute approximate surface area is 269 Å². The van der Waals surface area contributed by atoms with Crippen molar-refractivity contribution in [3.63, 3.8) is 0 Å². The van der Waals surface area contributed by atoms with E-state index in [1.165, 1.54) is 32.9 Å². The molecular weight excluding hydrogens is 558 g/mol. The van der Waals surface area contributed by atoms with E-state index in [1.54, 1.807) is 0 Å². The summed E-state index contributed by atoms with van der Waals surface area (Å²) in [4.78, 5) is 10.4. The molecule has 0 amide bonds. The average Bonchev–Trinajstić information content (AvgIpc) is 3.46. The number of aromatic nitrogens is 3. The van der Waals surface area contributed by atoms with E-state index in [0.29, 0.717) is 0 Å². The van der Waals surface area contributed by atoms with Gasteiger partial charge < -0.3 is 4.57 Å². The first-order valence-corrected chi connectivity index (χ1v) is 15.9. The fourth-order valence-electron chi connectivity index (χ4n) is 6.59. The van der Waals surface area contributed by atoms with Crippen molar-refractivity contribution in [3.05, 3.63) is 163 Å². The van der Waals surface area contributed by atoms with Gasteiger partial charge in [-0.3, -0.25) is 0 Å². The van der Waals surface area contributed by atoms with Crippen molar-refractivity contribution in [2.24, 2.45) is 0 Å². The van der Waals surface area contributed by atoms with Crippen LogP contribution in [0.5, 0.6) is 0 Å². The highest BCUT2D eigenvalue weighted by Crippen LogP contribution is 2.37. The molecule has 8 rings (SSSR count). The molecule has 0 fully saturated rings. The van der Waals surface area contributed by atoms with Crippen molar-refractivity contribution in [3.8, 4) is 50.7 Å². The Kier molecular flexibility index (Phi) is 7.00. The monoisotopic (exact) mass is 591 g/mol. The van der Waals surface area contributed by atoms with Crippen LogP contribution in [-0.4, -0.2) is 14.5 Å². The zero-order valence-corrected chi connectivity index (χ0v) is 25.9. The molecule has 0 bridgehead atoms. The minimum atomic E-state index is 0.257. The van der Waals surface area contributed by atoms with Crippen LogP contribution in [0.3, 0.4) is 0 Å². The molecule has 0 spiro atoms. The number of rotatable bonds is 6. The van der Waals surface area contributed by atoms with Gasteiger partial charge in [0, 0.05) is 38.7 Å². The quantitative estimate of drug-likeness (QED) is 0.193. The molecule has 8 aromatic rings. The Bertz CT molecular complexity index is 2180. The van der Waals surface area contributed by atoms with Crippen LogP contribution in [0.1, 0.15) is 25.3 Å². The Morgan fingerprint density at radius 1 is 0.413 bits per heavy atom. The lowest BCUT2D eigenvalue weighted by Gasteiger charge is -2.19. The summed E-state index contributed by atoms with van der Waals surface area (Å²) >= 11 is 0. The van der Waals surface area contributed by atoms with Gasteiger partial charge in [0.1, 0.15) is 0 Å². The van der Waals surface area contributed by atoms with Gasteiger partial charge in [-0.2, -0.15) is 0 Å². The molecule has 0 aliphatic heterocycles. The van der Waals surface area contributed by atoms with Gasteiger partial charge in [0.2, 0.25) is 0 Å². The second-order valence-corrected chi connectivity index (χ2v) is 12.0. The van der Waals surface area contributed by atoms with Crippen molar-refractivity contribution in [2.75, 3.05) is 0 Å². The lowest BCUT2D eigenvalue weighted by molar-refractivity contribution is 0.854. The molecule has 2 aromatic heterocycles. The van der Waals surface area contributed by atoms with Crippen LogP contribution >= 0.6 is 0 Å². The number of nitrogens with zero attached hydrogens (tertiary/aromatic N) is 3. The maximum atomic E-state index is 5.20. The molecule has 0 saturated heterocycles. The highest BCUT2D eigenvalue weighted by molar-refractivity contribution is 6.09. The van der Waals surface area contributed by atoms with E-state index in [4.69, 9.17) is 9.97 Å². The van der Waals surface area contributed by atoms with E-state index < -0.39 is 0 Å². The molecule has 0 atom stereocenters. The van der Waals surface area contributed by atoms with Crippen LogP contribution in [0.2, 0.25) is 0 Å². The largest absolute Gasteiger partial charge is 0.309 e. The summed E-state index contributed by atoms with van der Waals surface area (Å²) in [5.74, 6) is 0.989. The summed E-state index contributed by atoms with van der Waals surface area (Å²) in [5, 5.41) is 2.54. The van der Waals surface area contributed by atoms with E-state index >= 15 is 0 Å². The van der Waals surface area contributed by atoms with Crippen molar-refractivity contribution in [1.82, 2.24) is 14.5 Å². The molecule has 2 heterocycles. The summed E-state index contributed by atoms with van der Waals surface area (Å²) in [6.45, 7) is 4.44. The summed E-state index contributed by atoms with van der Waals surface area (Å²) < 4.78 is 2.35. The second kappa shape index (κ2) is 11.6. The fourth-order valence-corrected chi connectivity index (χ4v) is 6.59. The normalized spacial score (nSPS) is 11.5. The van der Waals surface area contributed by atoms with E-state index in [9.17, 15) is 0 Å². The van der Waals surface area contributed by atoms with Crippen LogP contribution in [-0.2, 0) is 0 Å². The maximum Gasteiger partial charge on any atom is 0.160 e. The molecule has 0 aliphatic carbocycles. The first kappa shape index (κ1) is 27.7. The second-order valence-electron chi connectivity index (χ2n) is 12.0. The van der Waals surface area contributed by atoms with E-state index in [0.717, 1.165) is 45.2 Å². The number of para-hydroxylation sites is 2. The molecule has 3 nitrogen and oxygen atoms in total. The predicted molar refractivity (Wildman–Crippen MR) is 192 cm³/mol. The first-order chi connectivity index (χ1) is 22.7. The lowest BCUT2D eigenvalue weighted by Crippen LogP contribution is -2.05. The van der Waals surface area contributed by atoms with Gasteiger partial charge in [-0.1, -0.05) is 147 Å². The van der Waals surface area contributed by atoms with Crippen molar-refractivity contribution in [1.29, 1.82) is 0 Å². The van der Waals surface area contributed by atoms with Crippen molar-refractivity contribution in [2.45, 2.75) is 19.8 Å². The van der Waals surface area contributed by atoms with Gasteiger partial charge in [0.05, 0.1) is 22.4 Å². The molecule has 0 N–H and O–H groups in total. The number of benzene rings is 6. The number of hydrogen-bond donors (Lipinski definition) is 0. The zero-order valence-electron chi connectivity index (χ0n) is 25.9. The van der Waals surface area contributed by atoms with Gasteiger partial charge in [-0.15, -0.1) is 0 Å². The average molecular weight is 592 g/mol. The minimum Gasteiger partial charge on any atom is -0.309 e. The standard InChI is InChI=1S/C43H33N3/c1-29(2)40-41(32-13-5-3-6-14-32)44-43(45-42(40)33-15-7-4-8-16-33)34-23-21-30(22-24-34)31-25-27-35(28-26-31)46-38-19-11-9-17-36(38)37-18-10-12-20-39(37)46/h3-29H,1-2H3. The number of fused-ring (bicyclic) bond motifs is 3. The van der Waals surface area contributed by atoms with Crippen LogP contribution in [0, 0.1) is 0 Å². The van der Waals surface area contributed by atoms with E-state index in [2.05, 4.69) is 164 Å². The Morgan fingerprint density at radius 2 is 0.826 bits per heavy atom. The van der Waals surface area contributed by atoms with Crippen molar-refractivity contribution < 1.29 is 0 Å². The molecule has 3 heteroatoms. The highest BCUT2D eigenvalue weighted by atomic mass is 15.0. The molecule has 0 radical (unpaired) electrons. The topological polar surface area (TPSA) is 30.7 Å². The van der Waals surface area contributed by atoms with Crippen LogP contribution in [0.25, 0.3) is 72.5 Å². The van der Waals surface area contributed by atoms with Gasteiger partial charge in [0.15, 0.2) is 5.82 Å². The third-order valence-corrected chi connectivity index (χ3v) is 8.80. The van der Waals surface area contributed by atoms with Gasteiger partial charge in [-0.25, -0.2) is 9.97 Å². The van der Waals surface area contributed by atoms with Crippen LogP contribution in [0.4, 0.5) is 0 Å². The van der Waals surface area contributed by atoms with Crippen molar-refractivity contribution >= 4 is 21.8 Å². The maximum absolute atomic E-state index is 5.20. The predicted octanol–water partition coefficient (Wildman–Crippen LogP) is 11.4. The number of hydrogen-bond acceptors (Lipinski definition) is 2. The Morgan fingerprint density at radius 3 is 1.30 bits per heavy atom. The molecule has 0 unspecified atom stereocenters. The Balaban J connectivity index is 1.18. The van der Waals surface area contributed by atoms with E-state index in [1.807, 2.05) is 12.1 Å². The smallest absolute Gasteiger partial charge is 0.160 e. The third-order valence-electron chi connectivity index (χ3n) is 8.80. The minimum absolute atomic E-state index is 0.257. The molecule has 46 heavy (non-hydrogen) atoms. The fraction of sp³-hybridized carbons (Fsp3) is 0.0698. The molecule has 220 valence electrons. The molecular formula is C43H33N3. The Hall–Kier alpha value is -5.80. The molecule has 0 aliphatic rings. The van der Waals surface area contributed by atoms with Crippen LogP contribution in [0.15, 0.2) is 158 Å². The van der Waals surface area contributed by atoms with Gasteiger partial charge in [0.25, 0.3) is 0 Å². The highest BCUT2D eigenvalue weighted by Gasteiger charge is 2.20. The molecule has 6 aromatic carbocycles. The summed E-state index contributed by atoms with van der Waals surface area (Å²) in [6.07, 6.45) is 0. The lowest BCUT2D eigenvalue weighted by atomic mass is 9.92. The van der Waals surface area contributed by atoms with Gasteiger partial charge in [-0.05, 0) is 41.3 Å². The third kappa shape index (κ3) is 4.87. The van der Waals surface area contributed by atoms with Crippen LogP contribution < -0.4 is 0 Å². The SMILES string of the molecule is CC(C)c1c(-c2ccccc2)nc(-c2ccc(-c3ccc(-n4c5ccccc5c5ccccc54)cc3)cc2)nc1-c1ccccc1. The van der Waals surface area contributed by atoms with E-state index in [-0.39, 0.29) is 5.92 Å². The van der Waals surface area contributed by atoms with Gasteiger partial charge >= 0.3 is 0 Å².